The first-order chi connectivity index (χ1) is 53.7. The van der Waals surface area contributed by atoms with Crippen LogP contribution >= 0.6 is 0 Å². The van der Waals surface area contributed by atoms with E-state index >= 15 is 19.2 Å². The molecule has 7 amide bonds. The molecule has 7 atom stereocenters. The first-order valence-electron chi connectivity index (χ1n) is 38.9. The van der Waals surface area contributed by atoms with Crippen molar-refractivity contribution >= 4 is 63.3 Å². The minimum atomic E-state index is -4.28. The summed E-state index contributed by atoms with van der Waals surface area (Å²) in [4.78, 5) is 123. The van der Waals surface area contributed by atoms with Crippen molar-refractivity contribution in [1.82, 2.24) is 61.7 Å². The third-order valence-corrected chi connectivity index (χ3v) is 22.3. The second-order valence-corrected chi connectivity index (χ2v) is 32.9. The second kappa shape index (κ2) is 38.5. The molecule has 3 heterocycles. The van der Waals surface area contributed by atoms with Crippen molar-refractivity contribution in [2.24, 2.45) is 5.92 Å². The van der Waals surface area contributed by atoms with Gasteiger partial charge in [0.15, 0.2) is 0 Å². The average Bonchev–Trinajstić information content (AvgIpc) is 1.72. The van der Waals surface area contributed by atoms with Crippen LogP contribution in [0.25, 0.3) is 0 Å². The van der Waals surface area contributed by atoms with Crippen molar-refractivity contribution in [2.75, 3.05) is 26.7 Å². The quantitative estimate of drug-likeness (QED) is 0.00761. The summed E-state index contributed by atoms with van der Waals surface area (Å²) in [6.45, 7) is 20.1. The molecule has 0 spiro atoms. The smallest absolute Gasteiger partial charge is 0.326 e. The first-order valence-corrected chi connectivity index (χ1v) is 40.4. The Kier molecular flexibility index (Phi) is 29.3. The number of benzene rings is 6. The molecule has 0 unspecified atom stereocenters. The van der Waals surface area contributed by atoms with Gasteiger partial charge in [0.1, 0.15) is 70.5 Å². The minimum Gasteiger partial charge on any atom is -0.488 e. The number of carbonyl (C=O) groups excluding carboxylic acids is 7. The number of sulfonamides is 1. The van der Waals surface area contributed by atoms with Crippen molar-refractivity contribution in [3.8, 4) is 11.5 Å². The molecule has 2 aliphatic heterocycles. The highest BCUT2D eigenvalue weighted by Gasteiger charge is 2.43. The van der Waals surface area contributed by atoms with Crippen molar-refractivity contribution < 1.29 is 61.4 Å². The van der Waals surface area contributed by atoms with Crippen LogP contribution < -0.4 is 56.7 Å². The van der Waals surface area contributed by atoms with Gasteiger partial charge >= 0.3 is 5.97 Å². The fourth-order valence-electron chi connectivity index (χ4n) is 14.8. The summed E-state index contributed by atoms with van der Waals surface area (Å²) < 4.78 is 44.8. The SMILES string of the molecule is CCCC[C@H](NC(=O)[C@H](Cc1ccc(OC(C)(C)C)cc1)NC(=O)[C@@H](NC(=O)[C@H](CCCNC(=N)NS(=O)(=O)c1c(C)c(C)c2c(c1C)CCC(C)(C)O2)NC(=O)CNC)C(C)C)C(=O)N[C@@H](Cc1cn(C(c2ccccc2)(c2ccccc2)c2ccccc2)cn1)C(=O)N1CCC[C@H]1C(=O)N[C@@H](Cc1ccccc1)C(=O)O. The number of carbonyl (C=O) groups is 8. The molecule has 11 N–H and O–H groups in total. The normalized spacial score (nSPS) is 15.6. The molecule has 0 radical (unpaired) electrons. The molecule has 27 heteroatoms. The van der Waals surface area contributed by atoms with Gasteiger partial charge in [-0.05, 0) is 176 Å². The lowest BCUT2D eigenvalue weighted by Gasteiger charge is -2.37. The number of guanidine groups is 1. The molecule has 0 bridgehead atoms. The van der Waals surface area contributed by atoms with E-state index in [9.17, 15) is 32.7 Å². The van der Waals surface area contributed by atoms with Crippen LogP contribution in [-0.2, 0) is 79.6 Å². The Morgan fingerprint density at radius 3 is 1.78 bits per heavy atom. The van der Waals surface area contributed by atoms with Crippen LogP contribution in [0.1, 0.15) is 163 Å². The number of nitrogens with zero attached hydrogens (tertiary/aromatic N) is 3. The van der Waals surface area contributed by atoms with E-state index < -0.39 is 128 Å². The molecule has 1 saturated heterocycles. The molecule has 7 aromatic rings. The summed E-state index contributed by atoms with van der Waals surface area (Å²) in [6, 6.07) is 36.2. The summed E-state index contributed by atoms with van der Waals surface area (Å²) in [7, 11) is -2.72. The van der Waals surface area contributed by atoms with Gasteiger partial charge < -0.3 is 66.6 Å². The van der Waals surface area contributed by atoms with Crippen LogP contribution in [0.2, 0.25) is 0 Å². The molecule has 26 nitrogen and oxygen atoms in total. The number of carboxylic acids is 1. The van der Waals surface area contributed by atoms with Gasteiger partial charge in [0.05, 0.1) is 23.5 Å². The van der Waals surface area contributed by atoms with E-state index in [0.717, 1.165) is 22.3 Å². The Labute approximate surface area is 663 Å². The van der Waals surface area contributed by atoms with Crippen LogP contribution in [-0.4, -0.2) is 161 Å². The number of carboxylic acid groups (broad SMARTS) is 1. The van der Waals surface area contributed by atoms with Gasteiger partial charge in [-0.3, -0.25) is 39.0 Å². The number of hydrogen-bond acceptors (Lipinski definition) is 15. The molecule has 1 aromatic heterocycles. The summed E-state index contributed by atoms with van der Waals surface area (Å²) in [5.41, 5.74) is 4.82. The van der Waals surface area contributed by atoms with Crippen LogP contribution in [0.3, 0.4) is 0 Å². The summed E-state index contributed by atoms with van der Waals surface area (Å²) in [6.07, 6.45) is 6.11. The number of rotatable bonds is 36. The minimum absolute atomic E-state index is 0.0187. The van der Waals surface area contributed by atoms with Gasteiger partial charge in [-0.1, -0.05) is 167 Å². The third kappa shape index (κ3) is 22.3. The molecule has 604 valence electrons. The number of nitrogens with one attached hydrogen (secondary N) is 10. The first kappa shape index (κ1) is 86.1. The third-order valence-electron chi connectivity index (χ3n) is 20.6. The number of fused-ring (bicyclic) bond motifs is 1. The highest BCUT2D eigenvalue weighted by molar-refractivity contribution is 7.90. The number of aliphatic carboxylic acids is 1. The average molecular weight is 1570 g/mol. The van der Waals surface area contributed by atoms with E-state index in [1.54, 1.807) is 95.7 Å². The monoisotopic (exact) mass is 1570 g/mol. The van der Waals surface area contributed by atoms with Gasteiger partial charge in [-0.15, -0.1) is 0 Å². The topological polar surface area (TPSA) is 363 Å². The van der Waals surface area contributed by atoms with Gasteiger partial charge in [-0.2, -0.15) is 0 Å². The Hall–Kier alpha value is -10.9. The lowest BCUT2D eigenvalue weighted by molar-refractivity contribution is -0.145. The number of hydrogen-bond donors (Lipinski definition) is 11. The molecule has 0 aliphatic carbocycles. The summed E-state index contributed by atoms with van der Waals surface area (Å²) in [5, 5.41) is 41.7. The van der Waals surface area contributed by atoms with Crippen molar-refractivity contribution in [2.45, 2.75) is 217 Å². The molecule has 113 heavy (non-hydrogen) atoms. The largest absolute Gasteiger partial charge is 0.488 e. The fourth-order valence-corrected chi connectivity index (χ4v) is 16.3. The number of unbranched alkanes of at least 4 members (excludes halogenated alkanes) is 1. The van der Waals surface area contributed by atoms with Gasteiger partial charge in [0, 0.05) is 38.5 Å². The van der Waals surface area contributed by atoms with E-state index in [0.29, 0.717) is 77.1 Å². The number of ether oxygens (including phenoxy) is 2. The van der Waals surface area contributed by atoms with Gasteiger partial charge in [0.2, 0.25) is 47.3 Å². The summed E-state index contributed by atoms with van der Waals surface area (Å²) >= 11 is 0. The predicted molar refractivity (Wildman–Crippen MR) is 432 cm³/mol. The second-order valence-electron chi connectivity index (χ2n) is 31.3. The van der Waals surface area contributed by atoms with Crippen LogP contribution in [0.5, 0.6) is 11.5 Å². The lowest BCUT2D eigenvalue weighted by atomic mass is 9.77. The zero-order valence-electron chi connectivity index (χ0n) is 66.8. The lowest BCUT2D eigenvalue weighted by Crippen LogP contribution is -2.61. The molecule has 1 fully saturated rings. The number of likely N-dealkylation sites (N-methyl/N-ethyl adjacent to an activating group) is 1. The van der Waals surface area contributed by atoms with E-state index in [1.807, 2.05) is 150 Å². The maximum Gasteiger partial charge on any atom is 0.326 e. The number of aromatic nitrogens is 2. The van der Waals surface area contributed by atoms with Gasteiger partial charge in [-0.25, -0.2) is 22.9 Å². The molecule has 9 rings (SSSR count). The zero-order valence-corrected chi connectivity index (χ0v) is 67.6. The highest BCUT2D eigenvalue weighted by Crippen LogP contribution is 2.43. The Balaban J connectivity index is 0.980. The Bertz CT molecular complexity index is 4500. The van der Waals surface area contributed by atoms with E-state index in [1.165, 1.54) is 4.90 Å². The van der Waals surface area contributed by atoms with E-state index in [-0.39, 0.29) is 69.5 Å². The maximum atomic E-state index is 15.7. The Morgan fingerprint density at radius 1 is 0.664 bits per heavy atom. The zero-order chi connectivity index (χ0) is 82.0. The molecule has 2 aliphatic rings. The number of amides is 7. The van der Waals surface area contributed by atoms with E-state index in [2.05, 4.69) is 47.3 Å². The van der Waals surface area contributed by atoms with Crippen LogP contribution in [0.15, 0.2) is 163 Å². The molecular formula is C86H111N13O13S. The maximum absolute atomic E-state index is 15.7. The predicted octanol–water partition coefficient (Wildman–Crippen LogP) is 8.29. The van der Waals surface area contributed by atoms with Crippen molar-refractivity contribution in [3.05, 3.63) is 214 Å². The van der Waals surface area contributed by atoms with Crippen molar-refractivity contribution in [3.63, 3.8) is 0 Å². The van der Waals surface area contributed by atoms with Crippen LogP contribution in [0, 0.1) is 32.1 Å². The van der Waals surface area contributed by atoms with Gasteiger partial charge in [0.25, 0.3) is 10.0 Å². The van der Waals surface area contributed by atoms with Crippen molar-refractivity contribution in [1.29, 1.82) is 5.41 Å². The number of likely N-dealkylation sites (tertiary alicyclic amines) is 1. The number of imidazole rings is 1. The molecule has 0 saturated carbocycles. The fraction of sp³-hybridized carbons (Fsp3) is 0.442. The Morgan fingerprint density at radius 2 is 1.20 bits per heavy atom. The molecular weight excluding hydrogens is 1460 g/mol. The summed E-state index contributed by atoms with van der Waals surface area (Å²) in [5.74, 6) is -6.19. The standard InChI is InChI=1S/C86H111N13O13S/c1-13-14-37-67(76(101)94-69(81(106)99-47-28-39-71(99)79(104)95-70(82(107)108)49-58-29-19-15-20-30-58)50-63-52-98(53-90-63)86(60-31-21-16-22-32-60,61-33-23-17-24-34-61)62-35-25-18-26-36-62)92-78(103)68(48-59-40-42-64(43-41-59)111-84(7,8)9)93-80(105)73(54(2)3)96-77(102)66(91-72(100)51-88-12)38-27-46-89-83(87)97-113(109,110)75-56(5)55(4)74-65(57(75)6)44-45-85(10,11)112-74/h15-26,29-36,40-43,52-54,66-71,73,88H,13-14,27-28,37-39,44-51H2,1-12H3,(H,91,100)(H,92,103)(H,93,105)(H,94,101)(H,95,104)(H,96,102)(H,107,108)(H3,87,89,97)/t66-,67-,68-,69-,70-,71-,73-/m0/s1. The molecule has 6 aromatic carbocycles. The van der Waals surface area contributed by atoms with E-state index in [4.69, 9.17) is 19.9 Å². The highest BCUT2D eigenvalue weighted by atomic mass is 32.2. The van der Waals surface area contributed by atoms with Crippen LogP contribution in [0.4, 0.5) is 0 Å².